The Morgan fingerprint density at radius 1 is 1.25 bits per heavy atom. The zero-order valence-electron chi connectivity index (χ0n) is 7.10. The van der Waals surface area contributed by atoms with E-state index in [4.69, 9.17) is 0 Å². The van der Waals surface area contributed by atoms with Gasteiger partial charge in [-0.1, -0.05) is 0 Å². The van der Waals surface area contributed by atoms with Crippen molar-refractivity contribution in [2.24, 2.45) is 10.3 Å². The molecule has 1 aromatic carbocycles. The van der Waals surface area contributed by atoms with Gasteiger partial charge in [-0.15, -0.1) is 0 Å². The first-order valence-corrected chi connectivity index (χ1v) is 4.51. The molecule has 0 fully saturated rings. The van der Waals surface area contributed by atoms with Crippen molar-refractivity contribution in [1.82, 2.24) is 5.01 Å². The minimum absolute atomic E-state index is 0.895. The predicted molar refractivity (Wildman–Crippen MR) is 50.0 cm³/mol. The van der Waals surface area contributed by atoms with Crippen LogP contribution in [0, 0.1) is 0 Å². The zero-order valence-corrected chi connectivity index (χ0v) is 8.97. The number of nitrogens with zero attached hydrogens (tertiary/aromatic N) is 3. The van der Waals surface area contributed by atoms with E-state index in [2.05, 4.69) is 27.2 Å². The molecule has 0 aromatic heterocycles. The standard InChI is InChI=1S/C8H10AsN3/c1-12(2)11-10-8-6-4-3-5-7(8)9/h3-6H,1-2H3. The van der Waals surface area contributed by atoms with Crippen LogP contribution in [0.25, 0.3) is 0 Å². The average Bonchev–Trinajstić information content (AvgIpc) is 2.03. The van der Waals surface area contributed by atoms with Gasteiger partial charge in [0, 0.05) is 0 Å². The Hall–Kier alpha value is -0.822. The Balaban J connectivity index is 2.82. The normalized spacial score (nSPS) is 10.6. The van der Waals surface area contributed by atoms with Crippen molar-refractivity contribution in [2.45, 2.75) is 0 Å². The van der Waals surface area contributed by atoms with Crippen molar-refractivity contribution in [2.75, 3.05) is 14.1 Å². The molecule has 3 nitrogen and oxygen atoms in total. The second-order valence-electron chi connectivity index (χ2n) is 2.53. The molecule has 12 heavy (non-hydrogen) atoms. The quantitative estimate of drug-likeness (QED) is 0.418. The van der Waals surface area contributed by atoms with Crippen LogP contribution in [-0.4, -0.2) is 36.0 Å². The summed E-state index contributed by atoms with van der Waals surface area (Å²) in [6.45, 7) is 0. The molecule has 0 aliphatic carbocycles. The number of hydrogen-bond acceptors (Lipinski definition) is 2. The van der Waals surface area contributed by atoms with E-state index in [1.165, 1.54) is 0 Å². The van der Waals surface area contributed by atoms with Gasteiger partial charge in [0.2, 0.25) is 0 Å². The van der Waals surface area contributed by atoms with Gasteiger partial charge in [0.05, 0.1) is 0 Å². The molecule has 0 saturated heterocycles. The Kier molecular flexibility index (Phi) is 3.29. The summed E-state index contributed by atoms with van der Waals surface area (Å²) in [7, 11) is 3.69. The van der Waals surface area contributed by atoms with Gasteiger partial charge in [-0.2, -0.15) is 0 Å². The van der Waals surface area contributed by atoms with Crippen molar-refractivity contribution < 1.29 is 0 Å². The van der Waals surface area contributed by atoms with Crippen LogP contribution in [0.15, 0.2) is 34.6 Å². The second-order valence-corrected chi connectivity index (χ2v) is 3.54. The van der Waals surface area contributed by atoms with Gasteiger partial charge in [0.1, 0.15) is 0 Å². The summed E-state index contributed by atoms with van der Waals surface area (Å²) in [4.78, 5) is 0. The van der Waals surface area contributed by atoms with Crippen LogP contribution in [0.1, 0.15) is 0 Å². The number of hydrogen-bond donors (Lipinski definition) is 0. The van der Waals surface area contributed by atoms with E-state index in [1.54, 1.807) is 5.01 Å². The number of rotatable bonds is 2. The fourth-order valence-electron chi connectivity index (χ4n) is 0.686. The molecule has 0 unspecified atom stereocenters. The maximum atomic E-state index is 4.04. The second kappa shape index (κ2) is 4.27. The zero-order chi connectivity index (χ0) is 8.97. The summed E-state index contributed by atoms with van der Waals surface area (Å²) < 4.78 is 1.08. The summed E-state index contributed by atoms with van der Waals surface area (Å²) >= 11 is 2.47. The van der Waals surface area contributed by atoms with Gasteiger partial charge in [0.15, 0.2) is 0 Å². The molecule has 0 saturated carbocycles. The van der Waals surface area contributed by atoms with Gasteiger partial charge in [-0.05, 0) is 0 Å². The third-order valence-electron chi connectivity index (χ3n) is 1.21. The third-order valence-corrected chi connectivity index (χ3v) is 2.01. The van der Waals surface area contributed by atoms with Crippen molar-refractivity contribution in [3.63, 3.8) is 0 Å². The van der Waals surface area contributed by atoms with Crippen LogP contribution in [0.5, 0.6) is 0 Å². The molecule has 0 heterocycles. The Morgan fingerprint density at radius 2 is 1.92 bits per heavy atom. The van der Waals surface area contributed by atoms with Crippen LogP contribution >= 0.6 is 0 Å². The molecular formula is C8H10AsN3. The molecule has 2 radical (unpaired) electrons. The summed E-state index contributed by atoms with van der Waals surface area (Å²) in [5.74, 6) is 0. The first kappa shape index (κ1) is 9.27. The Morgan fingerprint density at radius 3 is 2.50 bits per heavy atom. The van der Waals surface area contributed by atoms with Crippen LogP contribution in [0.3, 0.4) is 0 Å². The van der Waals surface area contributed by atoms with E-state index in [1.807, 2.05) is 38.4 Å². The van der Waals surface area contributed by atoms with Crippen LogP contribution in [0.2, 0.25) is 0 Å². The van der Waals surface area contributed by atoms with E-state index in [0.717, 1.165) is 10.0 Å². The summed E-state index contributed by atoms with van der Waals surface area (Å²) in [6.07, 6.45) is 0. The van der Waals surface area contributed by atoms with Gasteiger partial charge in [0.25, 0.3) is 0 Å². The molecule has 0 N–H and O–H groups in total. The van der Waals surface area contributed by atoms with Crippen LogP contribution < -0.4 is 4.35 Å². The first-order valence-electron chi connectivity index (χ1n) is 3.57. The van der Waals surface area contributed by atoms with Crippen molar-refractivity contribution >= 4 is 26.9 Å². The predicted octanol–water partition coefficient (Wildman–Crippen LogP) is 1.04. The van der Waals surface area contributed by atoms with Crippen LogP contribution in [0.4, 0.5) is 5.69 Å². The van der Waals surface area contributed by atoms with Crippen molar-refractivity contribution in [3.8, 4) is 0 Å². The maximum absolute atomic E-state index is 4.04. The third kappa shape index (κ3) is 2.66. The molecule has 62 valence electrons. The summed E-state index contributed by atoms with van der Waals surface area (Å²) in [5, 5.41) is 9.61. The fourth-order valence-corrected chi connectivity index (χ4v) is 1.12. The Bertz CT molecular complexity index is 283. The van der Waals surface area contributed by atoms with Crippen molar-refractivity contribution in [3.05, 3.63) is 24.3 Å². The molecular weight excluding hydrogens is 213 g/mol. The van der Waals surface area contributed by atoms with E-state index in [0.29, 0.717) is 0 Å². The topological polar surface area (TPSA) is 28.0 Å². The molecule has 1 aromatic rings. The SMILES string of the molecule is CN(C)N=Nc1ccccc1[As]. The molecule has 0 spiro atoms. The molecule has 0 bridgehead atoms. The Labute approximate surface area is 81.0 Å². The monoisotopic (exact) mass is 223 g/mol. The number of benzene rings is 1. The van der Waals surface area contributed by atoms with E-state index < -0.39 is 0 Å². The molecule has 1 rings (SSSR count). The van der Waals surface area contributed by atoms with Gasteiger partial charge < -0.3 is 0 Å². The molecule has 4 heteroatoms. The van der Waals surface area contributed by atoms with Crippen LogP contribution in [-0.2, 0) is 0 Å². The molecule has 0 atom stereocenters. The van der Waals surface area contributed by atoms with E-state index >= 15 is 0 Å². The minimum atomic E-state index is 0.895. The fraction of sp³-hybridized carbons (Fsp3) is 0.250. The van der Waals surface area contributed by atoms with Gasteiger partial charge >= 0.3 is 80.6 Å². The van der Waals surface area contributed by atoms with Crippen molar-refractivity contribution in [1.29, 1.82) is 0 Å². The first-order chi connectivity index (χ1) is 5.70. The average molecular weight is 223 g/mol. The van der Waals surface area contributed by atoms with Gasteiger partial charge in [-0.25, -0.2) is 0 Å². The molecule has 0 aliphatic rings. The summed E-state index contributed by atoms with van der Waals surface area (Å²) in [5.41, 5.74) is 0.895. The van der Waals surface area contributed by atoms with E-state index in [9.17, 15) is 0 Å². The van der Waals surface area contributed by atoms with Gasteiger partial charge in [-0.3, -0.25) is 0 Å². The van der Waals surface area contributed by atoms with E-state index in [-0.39, 0.29) is 0 Å². The summed E-state index contributed by atoms with van der Waals surface area (Å²) in [6, 6.07) is 7.84. The molecule has 0 aliphatic heterocycles. The molecule has 0 amide bonds.